The lowest BCUT2D eigenvalue weighted by atomic mass is 9.90. The van der Waals surface area contributed by atoms with Crippen LogP contribution < -0.4 is 5.32 Å². The van der Waals surface area contributed by atoms with E-state index in [1.807, 2.05) is 0 Å². The predicted octanol–water partition coefficient (Wildman–Crippen LogP) is 2.54. The lowest BCUT2D eigenvalue weighted by Gasteiger charge is -2.31. The summed E-state index contributed by atoms with van der Waals surface area (Å²) in [6.07, 6.45) is 7.10. The van der Waals surface area contributed by atoms with Gasteiger partial charge in [-0.3, -0.25) is 4.79 Å². The van der Waals surface area contributed by atoms with Crippen molar-refractivity contribution in [3.8, 4) is 0 Å². The van der Waals surface area contributed by atoms with Crippen molar-refractivity contribution in [2.75, 3.05) is 33.4 Å². The monoisotopic (exact) mass is 330 g/mol. The number of hydrogen-bond acceptors (Lipinski definition) is 3. The summed E-state index contributed by atoms with van der Waals surface area (Å²) in [4.78, 5) is 14.9. The molecule has 24 heavy (non-hydrogen) atoms. The molecule has 1 atom stereocenters. The highest BCUT2D eigenvalue weighted by Crippen LogP contribution is 2.22. The van der Waals surface area contributed by atoms with Gasteiger partial charge in [-0.1, -0.05) is 18.2 Å². The summed E-state index contributed by atoms with van der Waals surface area (Å²) in [7, 11) is 1.73. The van der Waals surface area contributed by atoms with E-state index in [2.05, 4.69) is 28.4 Å². The quantitative estimate of drug-likeness (QED) is 0.871. The summed E-state index contributed by atoms with van der Waals surface area (Å²) in [5, 5.41) is 3.16. The number of carbonyl (C=O) groups is 1. The highest BCUT2D eigenvalue weighted by molar-refractivity contribution is 5.79. The van der Waals surface area contributed by atoms with Gasteiger partial charge in [0.1, 0.15) is 0 Å². The van der Waals surface area contributed by atoms with E-state index in [9.17, 15) is 4.79 Å². The van der Waals surface area contributed by atoms with Gasteiger partial charge in [-0.2, -0.15) is 0 Å². The van der Waals surface area contributed by atoms with Crippen molar-refractivity contribution in [2.45, 2.75) is 45.1 Å². The lowest BCUT2D eigenvalue weighted by Crippen LogP contribution is -2.43. The smallest absolute Gasteiger partial charge is 0.224 e. The number of ether oxygens (including phenoxy) is 1. The Bertz CT molecular complexity index is 559. The number of aryl methyl sites for hydroxylation is 2. The number of piperidine rings is 1. The molecule has 0 radical (unpaired) electrons. The van der Waals surface area contributed by atoms with Crippen LogP contribution in [-0.4, -0.2) is 44.2 Å². The first-order valence-corrected chi connectivity index (χ1v) is 9.36. The fraction of sp³-hybridized carbons (Fsp3) is 0.650. The summed E-state index contributed by atoms with van der Waals surface area (Å²) < 4.78 is 5.15. The number of rotatable bonds is 6. The van der Waals surface area contributed by atoms with Crippen LogP contribution in [0.15, 0.2) is 18.2 Å². The molecular formula is C20H30N2O2. The summed E-state index contributed by atoms with van der Waals surface area (Å²) in [5.74, 6) is 0.322. The summed E-state index contributed by atoms with van der Waals surface area (Å²) in [5.41, 5.74) is 4.21. The molecule has 1 amide bonds. The van der Waals surface area contributed by atoms with Crippen molar-refractivity contribution in [3.63, 3.8) is 0 Å². The minimum Gasteiger partial charge on any atom is -0.383 e. The molecule has 0 bridgehead atoms. The van der Waals surface area contributed by atoms with Crippen molar-refractivity contribution in [1.82, 2.24) is 10.2 Å². The summed E-state index contributed by atoms with van der Waals surface area (Å²) in [6, 6.07) is 6.72. The topological polar surface area (TPSA) is 41.6 Å². The molecule has 0 unspecified atom stereocenters. The first kappa shape index (κ1) is 17.4. The molecule has 4 heteroatoms. The van der Waals surface area contributed by atoms with Crippen molar-refractivity contribution in [2.24, 2.45) is 5.92 Å². The molecule has 1 aliphatic carbocycles. The zero-order valence-corrected chi connectivity index (χ0v) is 14.9. The SMILES string of the molecule is COCCN1CCC[C@@H](C(=O)NCc2ccc3c(c2)CCCC3)C1. The number of methoxy groups -OCH3 is 1. The number of hydrogen-bond donors (Lipinski definition) is 1. The largest absolute Gasteiger partial charge is 0.383 e. The first-order valence-electron chi connectivity index (χ1n) is 9.36. The maximum atomic E-state index is 12.5. The van der Waals surface area contributed by atoms with E-state index in [0.29, 0.717) is 6.54 Å². The van der Waals surface area contributed by atoms with Crippen LogP contribution in [0.2, 0.25) is 0 Å². The number of carbonyl (C=O) groups excluding carboxylic acids is 1. The van der Waals surface area contributed by atoms with Gasteiger partial charge in [-0.25, -0.2) is 0 Å². The van der Waals surface area contributed by atoms with Crippen LogP contribution in [0.5, 0.6) is 0 Å². The van der Waals surface area contributed by atoms with E-state index in [4.69, 9.17) is 4.74 Å². The van der Waals surface area contributed by atoms with Crippen molar-refractivity contribution < 1.29 is 9.53 Å². The zero-order valence-electron chi connectivity index (χ0n) is 14.9. The van der Waals surface area contributed by atoms with E-state index >= 15 is 0 Å². The molecule has 1 fully saturated rings. The van der Waals surface area contributed by atoms with Crippen LogP contribution in [-0.2, 0) is 28.9 Å². The maximum absolute atomic E-state index is 12.5. The van der Waals surface area contributed by atoms with E-state index in [0.717, 1.165) is 39.1 Å². The van der Waals surface area contributed by atoms with Crippen LogP contribution in [0.4, 0.5) is 0 Å². The second-order valence-electron chi connectivity index (χ2n) is 7.16. The fourth-order valence-corrected chi connectivity index (χ4v) is 3.92. The van der Waals surface area contributed by atoms with Gasteiger partial charge in [0.15, 0.2) is 0 Å². The van der Waals surface area contributed by atoms with Crippen molar-refractivity contribution in [1.29, 1.82) is 0 Å². The summed E-state index contributed by atoms with van der Waals surface area (Å²) in [6.45, 7) is 4.26. The van der Waals surface area contributed by atoms with Gasteiger partial charge in [-0.05, 0) is 61.8 Å². The van der Waals surface area contributed by atoms with E-state index in [-0.39, 0.29) is 11.8 Å². The van der Waals surface area contributed by atoms with Crippen molar-refractivity contribution >= 4 is 5.91 Å². The zero-order chi connectivity index (χ0) is 16.8. The van der Waals surface area contributed by atoms with Crippen LogP contribution in [0.1, 0.15) is 42.4 Å². The molecule has 1 aromatic rings. The molecule has 1 aliphatic heterocycles. The van der Waals surface area contributed by atoms with Crippen LogP contribution >= 0.6 is 0 Å². The van der Waals surface area contributed by atoms with Crippen molar-refractivity contribution in [3.05, 3.63) is 34.9 Å². The summed E-state index contributed by atoms with van der Waals surface area (Å²) >= 11 is 0. The second kappa shape index (κ2) is 8.63. The molecule has 1 heterocycles. The van der Waals surface area contributed by atoms with Crippen LogP contribution in [0, 0.1) is 5.92 Å². The Morgan fingerprint density at radius 3 is 2.92 bits per heavy atom. The van der Waals surface area contributed by atoms with E-state index in [1.165, 1.54) is 42.4 Å². The fourth-order valence-electron chi connectivity index (χ4n) is 3.92. The normalized spacial score (nSPS) is 21.3. The number of benzene rings is 1. The molecular weight excluding hydrogens is 300 g/mol. The standard InChI is InChI=1S/C20H30N2O2/c1-24-12-11-22-10-4-7-19(15-22)20(23)21-14-16-8-9-17-5-2-3-6-18(17)13-16/h8-9,13,19H,2-7,10-12,14-15H2,1H3,(H,21,23)/t19-/m1/s1. The number of nitrogens with zero attached hydrogens (tertiary/aromatic N) is 1. The van der Waals surface area contributed by atoms with Gasteiger partial charge in [0.25, 0.3) is 0 Å². The average Bonchev–Trinajstić information content (AvgIpc) is 2.64. The molecule has 4 nitrogen and oxygen atoms in total. The molecule has 3 rings (SSSR count). The maximum Gasteiger partial charge on any atom is 0.224 e. The molecule has 132 valence electrons. The number of amides is 1. The Morgan fingerprint density at radius 1 is 1.25 bits per heavy atom. The van der Waals surface area contributed by atoms with Gasteiger partial charge in [-0.15, -0.1) is 0 Å². The minimum atomic E-state index is 0.119. The molecule has 2 aliphatic rings. The lowest BCUT2D eigenvalue weighted by molar-refractivity contribution is -0.126. The van der Waals surface area contributed by atoms with Gasteiger partial charge in [0.2, 0.25) is 5.91 Å². The highest BCUT2D eigenvalue weighted by Gasteiger charge is 2.25. The number of fused-ring (bicyclic) bond motifs is 1. The Labute approximate surface area is 145 Å². The third kappa shape index (κ3) is 4.58. The molecule has 0 aromatic heterocycles. The Morgan fingerprint density at radius 2 is 2.08 bits per heavy atom. The molecule has 1 aromatic carbocycles. The molecule has 0 spiro atoms. The Hall–Kier alpha value is -1.39. The van der Waals surface area contributed by atoms with Gasteiger partial charge in [0.05, 0.1) is 12.5 Å². The molecule has 1 N–H and O–H groups in total. The molecule has 0 saturated carbocycles. The van der Waals surface area contributed by atoms with Gasteiger partial charge >= 0.3 is 0 Å². The second-order valence-corrected chi connectivity index (χ2v) is 7.16. The highest BCUT2D eigenvalue weighted by atomic mass is 16.5. The minimum absolute atomic E-state index is 0.119. The van der Waals surface area contributed by atoms with Crippen LogP contribution in [0.3, 0.4) is 0 Å². The van der Waals surface area contributed by atoms with E-state index in [1.54, 1.807) is 7.11 Å². The Balaban J connectivity index is 1.50. The third-order valence-corrected chi connectivity index (χ3v) is 5.37. The van der Waals surface area contributed by atoms with Crippen LogP contribution in [0.25, 0.3) is 0 Å². The van der Waals surface area contributed by atoms with Gasteiger partial charge in [0, 0.05) is 26.7 Å². The number of likely N-dealkylation sites (tertiary alicyclic amines) is 1. The first-order chi connectivity index (χ1) is 11.8. The third-order valence-electron chi connectivity index (χ3n) is 5.37. The molecule has 1 saturated heterocycles. The Kier molecular flexibility index (Phi) is 6.27. The van der Waals surface area contributed by atoms with Gasteiger partial charge < -0.3 is 15.0 Å². The average molecular weight is 330 g/mol. The van der Waals surface area contributed by atoms with E-state index < -0.39 is 0 Å². The predicted molar refractivity (Wildman–Crippen MR) is 96.0 cm³/mol. The number of nitrogens with one attached hydrogen (secondary N) is 1.